The molecule has 1 atom stereocenters. The highest BCUT2D eigenvalue weighted by Crippen LogP contribution is 2.38. The lowest BCUT2D eigenvalue weighted by Crippen LogP contribution is -2.46. The molecule has 166 valence electrons. The van der Waals surface area contributed by atoms with E-state index in [1.54, 1.807) is 37.4 Å². The number of furan rings is 1. The number of halogens is 1. The lowest BCUT2D eigenvalue weighted by Gasteiger charge is -2.20. The molecule has 7 nitrogen and oxygen atoms in total. The van der Waals surface area contributed by atoms with Crippen LogP contribution in [-0.4, -0.2) is 30.8 Å². The Hall–Kier alpha value is -3.10. The second-order valence-electron chi connectivity index (χ2n) is 7.39. The minimum absolute atomic E-state index is 0.0812. The summed E-state index contributed by atoms with van der Waals surface area (Å²) < 4.78 is 5.16. The summed E-state index contributed by atoms with van der Waals surface area (Å²) in [6.45, 7) is 0. The molecular weight excluding hydrogens is 450 g/mol. The number of carbonyl (C=O) groups excluding carboxylic acids is 3. The average molecular weight is 472 g/mol. The van der Waals surface area contributed by atoms with E-state index in [2.05, 4.69) is 16.0 Å². The smallest absolute Gasteiger partial charge is 0.288 e. The SMILES string of the molecule is CNC(=O)c1c(N[C@H](NC(=O)c2ccco2)C(=O)c2ccc(Cl)cc2)sc2c1CCCC2. The molecule has 0 spiro atoms. The van der Waals surface area contributed by atoms with Crippen molar-refractivity contribution in [2.45, 2.75) is 31.8 Å². The summed E-state index contributed by atoms with van der Waals surface area (Å²) >= 11 is 7.41. The summed E-state index contributed by atoms with van der Waals surface area (Å²) in [4.78, 5) is 39.8. The van der Waals surface area contributed by atoms with Crippen molar-refractivity contribution in [2.75, 3.05) is 12.4 Å². The number of thiophene rings is 1. The van der Waals surface area contributed by atoms with Crippen molar-refractivity contribution < 1.29 is 18.8 Å². The minimum Gasteiger partial charge on any atom is -0.459 e. The van der Waals surface area contributed by atoms with E-state index in [-0.39, 0.29) is 17.5 Å². The first-order valence-corrected chi connectivity index (χ1v) is 11.4. The van der Waals surface area contributed by atoms with Crippen LogP contribution in [0.4, 0.5) is 5.00 Å². The van der Waals surface area contributed by atoms with Crippen molar-refractivity contribution in [2.24, 2.45) is 0 Å². The zero-order chi connectivity index (χ0) is 22.7. The quantitative estimate of drug-likeness (QED) is 0.352. The summed E-state index contributed by atoms with van der Waals surface area (Å²) in [6, 6.07) is 9.52. The lowest BCUT2D eigenvalue weighted by molar-refractivity contribution is 0.0853. The summed E-state index contributed by atoms with van der Waals surface area (Å²) in [7, 11) is 1.58. The lowest BCUT2D eigenvalue weighted by atomic mass is 9.95. The zero-order valence-electron chi connectivity index (χ0n) is 17.4. The third-order valence-electron chi connectivity index (χ3n) is 5.31. The van der Waals surface area contributed by atoms with Crippen LogP contribution in [0, 0.1) is 0 Å². The van der Waals surface area contributed by atoms with Crippen molar-refractivity contribution >= 4 is 45.5 Å². The maximum absolute atomic E-state index is 13.3. The maximum Gasteiger partial charge on any atom is 0.288 e. The van der Waals surface area contributed by atoms with E-state index >= 15 is 0 Å². The van der Waals surface area contributed by atoms with E-state index in [0.29, 0.717) is 21.2 Å². The Labute approximate surface area is 194 Å². The van der Waals surface area contributed by atoms with Crippen molar-refractivity contribution in [3.8, 4) is 0 Å². The summed E-state index contributed by atoms with van der Waals surface area (Å²) in [5.41, 5.74) is 1.92. The number of ketones is 1. The number of aryl methyl sites for hydroxylation is 1. The molecular formula is C23H22ClN3O4S. The van der Waals surface area contributed by atoms with Gasteiger partial charge in [-0.3, -0.25) is 14.4 Å². The number of Topliss-reactive ketones (excluding diaryl/α,β-unsaturated/α-hetero) is 1. The van der Waals surface area contributed by atoms with E-state index in [0.717, 1.165) is 36.1 Å². The van der Waals surface area contributed by atoms with Crippen molar-refractivity contribution in [3.05, 3.63) is 75.0 Å². The molecule has 1 aliphatic rings. The fraction of sp³-hybridized carbons (Fsp3) is 0.261. The number of carbonyl (C=O) groups is 3. The van der Waals surface area contributed by atoms with E-state index in [9.17, 15) is 14.4 Å². The molecule has 32 heavy (non-hydrogen) atoms. The first-order valence-electron chi connectivity index (χ1n) is 10.2. The van der Waals surface area contributed by atoms with Crippen LogP contribution in [0.15, 0.2) is 47.1 Å². The number of anilines is 1. The fourth-order valence-electron chi connectivity index (χ4n) is 3.72. The van der Waals surface area contributed by atoms with Crippen LogP contribution in [-0.2, 0) is 12.8 Å². The van der Waals surface area contributed by atoms with Crippen LogP contribution in [0.2, 0.25) is 5.02 Å². The van der Waals surface area contributed by atoms with Gasteiger partial charge < -0.3 is 20.4 Å². The van der Waals surface area contributed by atoms with E-state index in [1.807, 2.05) is 0 Å². The van der Waals surface area contributed by atoms with Gasteiger partial charge in [0.05, 0.1) is 11.8 Å². The molecule has 0 bridgehead atoms. The molecule has 0 aliphatic heterocycles. The summed E-state index contributed by atoms with van der Waals surface area (Å²) in [6.07, 6.45) is 4.04. The average Bonchev–Trinajstić information content (AvgIpc) is 3.46. The van der Waals surface area contributed by atoms with Gasteiger partial charge in [0.15, 0.2) is 11.9 Å². The van der Waals surface area contributed by atoms with Crippen LogP contribution in [0.1, 0.15) is 54.6 Å². The molecule has 1 aromatic carbocycles. The van der Waals surface area contributed by atoms with Gasteiger partial charge in [-0.25, -0.2) is 0 Å². The zero-order valence-corrected chi connectivity index (χ0v) is 18.9. The molecule has 0 unspecified atom stereocenters. The normalized spacial score (nSPS) is 13.7. The Kier molecular flexibility index (Phi) is 6.62. The number of fused-ring (bicyclic) bond motifs is 1. The van der Waals surface area contributed by atoms with Gasteiger partial charge in [0, 0.05) is 22.5 Å². The van der Waals surface area contributed by atoms with Crippen LogP contribution in [0.25, 0.3) is 0 Å². The largest absolute Gasteiger partial charge is 0.459 e. The highest BCUT2D eigenvalue weighted by molar-refractivity contribution is 7.16. The fourth-order valence-corrected chi connectivity index (χ4v) is 5.16. The van der Waals surface area contributed by atoms with Gasteiger partial charge in [-0.2, -0.15) is 0 Å². The van der Waals surface area contributed by atoms with Crippen LogP contribution < -0.4 is 16.0 Å². The Bertz CT molecular complexity index is 1140. The number of rotatable bonds is 7. The molecule has 1 aliphatic carbocycles. The molecule has 0 saturated heterocycles. The van der Waals surface area contributed by atoms with E-state index in [1.165, 1.54) is 23.7 Å². The molecule has 3 aromatic rings. The second-order valence-corrected chi connectivity index (χ2v) is 8.94. The number of amides is 2. The first-order chi connectivity index (χ1) is 15.5. The predicted octanol–water partition coefficient (Wildman–Crippen LogP) is 4.28. The van der Waals surface area contributed by atoms with Gasteiger partial charge in [0.1, 0.15) is 5.00 Å². The monoisotopic (exact) mass is 471 g/mol. The predicted molar refractivity (Wildman–Crippen MR) is 124 cm³/mol. The standard InChI is InChI=1S/C23H22ClN3O4S/c1-25-22(30)18-15-5-2-3-7-17(15)32-23(18)27-20(26-21(29)16-6-4-12-31-16)19(28)13-8-10-14(24)11-9-13/h4,6,8-12,20,27H,2-3,5,7H2,1H3,(H,25,30)(H,26,29)/t20-/m0/s1. The molecule has 2 aromatic heterocycles. The highest BCUT2D eigenvalue weighted by atomic mass is 35.5. The van der Waals surface area contributed by atoms with Gasteiger partial charge in [0.2, 0.25) is 5.78 Å². The van der Waals surface area contributed by atoms with Crippen LogP contribution in [0.5, 0.6) is 0 Å². The number of nitrogens with one attached hydrogen (secondary N) is 3. The number of hydrogen-bond acceptors (Lipinski definition) is 6. The molecule has 2 heterocycles. The van der Waals surface area contributed by atoms with Crippen LogP contribution >= 0.6 is 22.9 Å². The third-order valence-corrected chi connectivity index (χ3v) is 6.79. The van der Waals surface area contributed by atoms with E-state index in [4.69, 9.17) is 16.0 Å². The highest BCUT2D eigenvalue weighted by Gasteiger charge is 2.29. The summed E-state index contributed by atoms with van der Waals surface area (Å²) in [5.74, 6) is -1.05. The van der Waals surface area contributed by atoms with Crippen molar-refractivity contribution in [3.63, 3.8) is 0 Å². The first kappa shape index (κ1) is 22.1. The minimum atomic E-state index is -1.11. The molecule has 3 N–H and O–H groups in total. The maximum atomic E-state index is 13.3. The number of benzene rings is 1. The Morgan fingerprint density at radius 1 is 1.06 bits per heavy atom. The molecule has 4 rings (SSSR count). The molecule has 2 amide bonds. The topological polar surface area (TPSA) is 100 Å². The van der Waals surface area contributed by atoms with E-state index < -0.39 is 12.1 Å². The van der Waals surface area contributed by atoms with Crippen molar-refractivity contribution in [1.82, 2.24) is 10.6 Å². The third kappa shape index (κ3) is 4.56. The van der Waals surface area contributed by atoms with Gasteiger partial charge in [-0.1, -0.05) is 11.6 Å². The van der Waals surface area contributed by atoms with Crippen LogP contribution in [0.3, 0.4) is 0 Å². The van der Waals surface area contributed by atoms with Gasteiger partial charge in [0.25, 0.3) is 11.8 Å². The molecule has 0 fully saturated rings. The van der Waals surface area contributed by atoms with Crippen molar-refractivity contribution in [1.29, 1.82) is 0 Å². The van der Waals surface area contributed by atoms with Gasteiger partial charge >= 0.3 is 0 Å². The molecule has 0 radical (unpaired) electrons. The second kappa shape index (κ2) is 9.58. The summed E-state index contributed by atoms with van der Waals surface area (Å²) in [5, 5.41) is 9.57. The Morgan fingerprint density at radius 2 is 1.81 bits per heavy atom. The number of hydrogen-bond donors (Lipinski definition) is 3. The Balaban J connectivity index is 1.69. The molecule has 0 saturated carbocycles. The van der Waals surface area contributed by atoms with Gasteiger partial charge in [-0.05, 0) is 67.6 Å². The molecule has 9 heteroatoms. The Morgan fingerprint density at radius 3 is 2.50 bits per heavy atom. The van der Waals surface area contributed by atoms with Gasteiger partial charge in [-0.15, -0.1) is 11.3 Å².